The molecule has 0 saturated carbocycles. The van der Waals surface area contributed by atoms with E-state index >= 15 is 0 Å². The molecule has 0 heterocycles. The first-order chi connectivity index (χ1) is 6.83. The van der Waals surface area contributed by atoms with Gasteiger partial charge in [-0.15, -0.1) is 0 Å². The largest absolute Gasteiger partial charge is 0.362 e. The summed E-state index contributed by atoms with van der Waals surface area (Å²) < 4.78 is 0. The molecule has 14 heavy (non-hydrogen) atoms. The fraction of sp³-hybridized carbons (Fsp3) is 0.300. The van der Waals surface area contributed by atoms with Crippen LogP contribution in [0, 0.1) is 0 Å². The molecule has 0 aliphatic heterocycles. The molecule has 0 saturated heterocycles. The van der Waals surface area contributed by atoms with E-state index in [1.807, 2.05) is 30.3 Å². The third-order valence-corrected chi connectivity index (χ3v) is 1.94. The molecule has 4 N–H and O–H groups in total. The zero-order chi connectivity index (χ0) is 10.2. The van der Waals surface area contributed by atoms with Crippen LogP contribution in [0.25, 0.3) is 0 Å². The number of para-hydroxylation sites is 1. The molecule has 1 aromatic rings. The molecule has 0 aromatic heterocycles. The number of benzene rings is 1. The van der Waals surface area contributed by atoms with E-state index in [2.05, 4.69) is 10.6 Å². The number of rotatable bonds is 4. The molecule has 1 rings (SSSR count). The number of hydrogen-bond acceptors (Lipinski definition) is 2. The minimum atomic E-state index is 0.643. The van der Waals surface area contributed by atoms with Gasteiger partial charge in [-0.2, -0.15) is 0 Å². The maximum absolute atomic E-state index is 5.36. The second kappa shape index (κ2) is 6.34. The standard InChI is InChI=1S/C10H15N3S/c11-7-4-8-12-10(14)13-9-5-2-1-3-6-9/h1-3,5-6H,4,7-8,11H2,(H2,12,13,14). The van der Waals surface area contributed by atoms with Gasteiger partial charge < -0.3 is 16.4 Å². The summed E-state index contributed by atoms with van der Waals surface area (Å²) in [6, 6.07) is 9.83. The van der Waals surface area contributed by atoms with Crippen LogP contribution in [-0.4, -0.2) is 18.2 Å². The second-order valence-corrected chi connectivity index (χ2v) is 3.30. The first-order valence-electron chi connectivity index (χ1n) is 4.63. The van der Waals surface area contributed by atoms with Crippen LogP contribution in [0.15, 0.2) is 30.3 Å². The van der Waals surface area contributed by atoms with Crippen molar-refractivity contribution in [3.8, 4) is 0 Å². The third kappa shape index (κ3) is 4.20. The molecule has 3 nitrogen and oxygen atoms in total. The monoisotopic (exact) mass is 209 g/mol. The molecule has 0 bridgehead atoms. The summed E-state index contributed by atoms with van der Waals surface area (Å²) >= 11 is 5.09. The van der Waals surface area contributed by atoms with Crippen LogP contribution < -0.4 is 16.4 Å². The quantitative estimate of drug-likeness (QED) is 0.517. The Kier molecular flexibility index (Phi) is 4.96. The number of thiocarbonyl (C=S) groups is 1. The van der Waals surface area contributed by atoms with Crippen molar-refractivity contribution in [2.24, 2.45) is 5.73 Å². The zero-order valence-electron chi connectivity index (χ0n) is 7.99. The highest BCUT2D eigenvalue weighted by atomic mass is 32.1. The SMILES string of the molecule is NCCCNC(=S)Nc1ccccc1. The first-order valence-corrected chi connectivity index (χ1v) is 5.03. The van der Waals surface area contributed by atoms with Crippen molar-refractivity contribution in [3.63, 3.8) is 0 Å². The minimum absolute atomic E-state index is 0.643. The summed E-state index contributed by atoms with van der Waals surface area (Å²) in [6.45, 7) is 1.50. The Balaban J connectivity index is 2.27. The molecular formula is C10H15N3S. The van der Waals surface area contributed by atoms with Crippen LogP contribution in [0.4, 0.5) is 5.69 Å². The van der Waals surface area contributed by atoms with E-state index in [1.54, 1.807) is 0 Å². The van der Waals surface area contributed by atoms with Crippen molar-refractivity contribution >= 4 is 23.0 Å². The molecule has 1 aromatic carbocycles. The number of nitrogens with one attached hydrogen (secondary N) is 2. The maximum Gasteiger partial charge on any atom is 0.170 e. The average molecular weight is 209 g/mol. The smallest absolute Gasteiger partial charge is 0.170 e. The fourth-order valence-electron chi connectivity index (χ4n) is 1.00. The highest BCUT2D eigenvalue weighted by Gasteiger charge is 1.94. The Labute approximate surface area is 89.7 Å². The van der Waals surface area contributed by atoms with Crippen LogP contribution >= 0.6 is 12.2 Å². The van der Waals surface area contributed by atoms with Gasteiger partial charge in [-0.1, -0.05) is 18.2 Å². The third-order valence-electron chi connectivity index (χ3n) is 1.70. The highest BCUT2D eigenvalue weighted by Crippen LogP contribution is 2.03. The van der Waals surface area contributed by atoms with Gasteiger partial charge in [0.05, 0.1) is 0 Å². The molecule has 0 fully saturated rings. The fourth-order valence-corrected chi connectivity index (χ4v) is 1.22. The number of hydrogen-bond donors (Lipinski definition) is 3. The number of nitrogens with two attached hydrogens (primary N) is 1. The molecule has 0 radical (unpaired) electrons. The summed E-state index contributed by atoms with van der Waals surface area (Å²) in [5.41, 5.74) is 6.36. The van der Waals surface area contributed by atoms with Gasteiger partial charge in [0, 0.05) is 12.2 Å². The molecule has 0 aliphatic rings. The van der Waals surface area contributed by atoms with Crippen LogP contribution in [0.3, 0.4) is 0 Å². The van der Waals surface area contributed by atoms with E-state index in [-0.39, 0.29) is 0 Å². The Bertz CT molecular complexity index is 274. The Morgan fingerprint density at radius 1 is 1.29 bits per heavy atom. The van der Waals surface area contributed by atoms with Gasteiger partial charge in [0.15, 0.2) is 5.11 Å². The molecule has 0 amide bonds. The molecule has 0 atom stereocenters. The predicted octanol–water partition coefficient (Wildman–Crippen LogP) is 1.32. The highest BCUT2D eigenvalue weighted by molar-refractivity contribution is 7.80. The van der Waals surface area contributed by atoms with Crippen LogP contribution in [-0.2, 0) is 0 Å². The van der Waals surface area contributed by atoms with E-state index in [0.29, 0.717) is 11.7 Å². The van der Waals surface area contributed by atoms with Gasteiger partial charge in [0.1, 0.15) is 0 Å². The maximum atomic E-state index is 5.36. The van der Waals surface area contributed by atoms with Gasteiger partial charge in [0.2, 0.25) is 0 Å². The Hall–Kier alpha value is -1.13. The van der Waals surface area contributed by atoms with E-state index in [4.69, 9.17) is 18.0 Å². The molecular weight excluding hydrogens is 194 g/mol. The van der Waals surface area contributed by atoms with Crippen molar-refractivity contribution in [1.29, 1.82) is 0 Å². The zero-order valence-corrected chi connectivity index (χ0v) is 8.81. The van der Waals surface area contributed by atoms with Gasteiger partial charge in [-0.05, 0) is 37.3 Å². The summed E-state index contributed by atoms with van der Waals surface area (Å²) in [7, 11) is 0. The van der Waals surface area contributed by atoms with Crippen LogP contribution in [0.1, 0.15) is 6.42 Å². The van der Waals surface area contributed by atoms with Crippen molar-refractivity contribution in [1.82, 2.24) is 5.32 Å². The van der Waals surface area contributed by atoms with E-state index < -0.39 is 0 Å². The molecule has 76 valence electrons. The van der Waals surface area contributed by atoms with Crippen LogP contribution in [0.5, 0.6) is 0 Å². The number of anilines is 1. The Morgan fingerprint density at radius 2 is 2.00 bits per heavy atom. The lowest BCUT2D eigenvalue weighted by Gasteiger charge is -2.09. The molecule has 0 unspecified atom stereocenters. The molecule has 4 heteroatoms. The van der Waals surface area contributed by atoms with Crippen molar-refractivity contribution in [2.45, 2.75) is 6.42 Å². The lowest BCUT2D eigenvalue weighted by molar-refractivity contribution is 0.788. The predicted molar refractivity (Wildman–Crippen MR) is 64.3 cm³/mol. The first kappa shape index (κ1) is 10.9. The van der Waals surface area contributed by atoms with E-state index in [0.717, 1.165) is 18.7 Å². The molecule has 0 aliphatic carbocycles. The minimum Gasteiger partial charge on any atom is -0.362 e. The summed E-state index contributed by atoms with van der Waals surface area (Å²) in [6.07, 6.45) is 0.927. The van der Waals surface area contributed by atoms with Crippen molar-refractivity contribution in [3.05, 3.63) is 30.3 Å². The van der Waals surface area contributed by atoms with Gasteiger partial charge >= 0.3 is 0 Å². The van der Waals surface area contributed by atoms with Gasteiger partial charge in [0.25, 0.3) is 0 Å². The molecule has 0 spiro atoms. The van der Waals surface area contributed by atoms with Crippen LogP contribution in [0.2, 0.25) is 0 Å². The van der Waals surface area contributed by atoms with Crippen molar-refractivity contribution in [2.75, 3.05) is 18.4 Å². The topological polar surface area (TPSA) is 50.1 Å². The lowest BCUT2D eigenvalue weighted by atomic mass is 10.3. The van der Waals surface area contributed by atoms with E-state index in [9.17, 15) is 0 Å². The summed E-state index contributed by atoms with van der Waals surface area (Å²) in [4.78, 5) is 0. The lowest BCUT2D eigenvalue weighted by Crippen LogP contribution is -2.30. The van der Waals surface area contributed by atoms with Gasteiger partial charge in [-0.3, -0.25) is 0 Å². The summed E-state index contributed by atoms with van der Waals surface area (Å²) in [5.74, 6) is 0. The van der Waals surface area contributed by atoms with Crippen molar-refractivity contribution < 1.29 is 0 Å². The second-order valence-electron chi connectivity index (χ2n) is 2.89. The average Bonchev–Trinajstić information content (AvgIpc) is 2.20. The Morgan fingerprint density at radius 3 is 2.64 bits per heavy atom. The van der Waals surface area contributed by atoms with Gasteiger partial charge in [-0.25, -0.2) is 0 Å². The van der Waals surface area contributed by atoms with E-state index in [1.165, 1.54) is 0 Å². The normalized spacial score (nSPS) is 9.50. The summed E-state index contributed by atoms with van der Waals surface area (Å²) in [5, 5.41) is 6.80.